The van der Waals surface area contributed by atoms with Gasteiger partial charge in [0.25, 0.3) is 0 Å². The molecule has 1 fully saturated rings. The van der Waals surface area contributed by atoms with Gasteiger partial charge in [-0.3, -0.25) is 0 Å². The second kappa shape index (κ2) is 4.64. The van der Waals surface area contributed by atoms with Crippen molar-refractivity contribution in [3.05, 3.63) is 30.3 Å². The van der Waals surface area contributed by atoms with E-state index in [0.717, 1.165) is 38.3 Å². The zero-order valence-electron chi connectivity index (χ0n) is 8.91. The van der Waals surface area contributed by atoms with E-state index in [1.165, 1.54) is 0 Å². The van der Waals surface area contributed by atoms with Crippen molar-refractivity contribution >= 4 is 5.69 Å². The summed E-state index contributed by atoms with van der Waals surface area (Å²) in [6, 6.07) is 10.2. The third-order valence-electron chi connectivity index (χ3n) is 2.91. The highest BCUT2D eigenvalue weighted by Gasteiger charge is 2.27. The first-order valence-corrected chi connectivity index (χ1v) is 5.44. The quantitative estimate of drug-likeness (QED) is 0.789. The van der Waals surface area contributed by atoms with E-state index in [4.69, 9.17) is 10.5 Å². The number of nitrogens with one attached hydrogen (secondary N) is 1. The first-order valence-electron chi connectivity index (χ1n) is 5.44. The van der Waals surface area contributed by atoms with Crippen LogP contribution in [0.25, 0.3) is 0 Å². The van der Waals surface area contributed by atoms with Crippen molar-refractivity contribution in [3.8, 4) is 0 Å². The second-order valence-electron chi connectivity index (χ2n) is 4.19. The van der Waals surface area contributed by atoms with Gasteiger partial charge in [0.1, 0.15) is 0 Å². The number of hydrogen-bond donors (Lipinski definition) is 2. The van der Waals surface area contributed by atoms with Crippen LogP contribution in [-0.2, 0) is 4.74 Å². The van der Waals surface area contributed by atoms with E-state index in [1.54, 1.807) is 0 Å². The molecule has 82 valence electrons. The highest BCUT2D eigenvalue weighted by molar-refractivity contribution is 5.42. The van der Waals surface area contributed by atoms with Crippen LogP contribution in [0.1, 0.15) is 12.8 Å². The predicted molar refractivity (Wildman–Crippen MR) is 61.9 cm³/mol. The van der Waals surface area contributed by atoms with Crippen molar-refractivity contribution in [2.75, 3.05) is 25.1 Å². The van der Waals surface area contributed by atoms with Gasteiger partial charge in [0.15, 0.2) is 0 Å². The van der Waals surface area contributed by atoms with Crippen LogP contribution in [0.2, 0.25) is 0 Å². The van der Waals surface area contributed by atoms with Gasteiger partial charge in [-0.25, -0.2) is 0 Å². The maximum atomic E-state index is 6.26. The number of hydrogen-bond acceptors (Lipinski definition) is 3. The summed E-state index contributed by atoms with van der Waals surface area (Å²) in [5.74, 6) is 0. The van der Waals surface area contributed by atoms with Crippen molar-refractivity contribution in [1.29, 1.82) is 0 Å². The zero-order valence-corrected chi connectivity index (χ0v) is 8.91. The van der Waals surface area contributed by atoms with Crippen LogP contribution in [0.3, 0.4) is 0 Å². The minimum atomic E-state index is -0.103. The first-order chi connectivity index (χ1) is 7.29. The standard InChI is InChI=1S/C12H18N2O/c13-12(6-8-15-9-7-12)10-14-11-4-2-1-3-5-11/h1-5,14H,6-10,13H2. The van der Waals surface area contributed by atoms with Crippen LogP contribution in [0.4, 0.5) is 5.69 Å². The van der Waals surface area contributed by atoms with Crippen molar-refractivity contribution < 1.29 is 4.74 Å². The lowest BCUT2D eigenvalue weighted by Crippen LogP contribution is -2.50. The molecule has 0 aliphatic carbocycles. The van der Waals surface area contributed by atoms with E-state index in [9.17, 15) is 0 Å². The number of ether oxygens (including phenoxy) is 1. The molecule has 3 nitrogen and oxygen atoms in total. The van der Waals surface area contributed by atoms with Gasteiger partial charge in [-0.1, -0.05) is 18.2 Å². The molecular weight excluding hydrogens is 188 g/mol. The highest BCUT2D eigenvalue weighted by Crippen LogP contribution is 2.18. The zero-order chi connectivity index (χ0) is 10.6. The number of rotatable bonds is 3. The topological polar surface area (TPSA) is 47.3 Å². The summed E-state index contributed by atoms with van der Waals surface area (Å²) in [5, 5.41) is 3.37. The maximum absolute atomic E-state index is 6.26. The largest absolute Gasteiger partial charge is 0.383 e. The molecule has 1 aromatic rings. The van der Waals surface area contributed by atoms with Crippen molar-refractivity contribution in [3.63, 3.8) is 0 Å². The summed E-state index contributed by atoms with van der Waals surface area (Å²) in [6.07, 6.45) is 1.87. The van der Waals surface area contributed by atoms with Gasteiger partial charge in [0, 0.05) is 31.0 Å². The fourth-order valence-electron chi connectivity index (χ4n) is 1.79. The molecule has 0 spiro atoms. The van der Waals surface area contributed by atoms with E-state index in [-0.39, 0.29) is 5.54 Å². The van der Waals surface area contributed by atoms with E-state index in [2.05, 4.69) is 17.4 Å². The van der Waals surface area contributed by atoms with Crippen LogP contribution in [0, 0.1) is 0 Å². The van der Waals surface area contributed by atoms with Crippen LogP contribution >= 0.6 is 0 Å². The molecular formula is C12H18N2O. The molecule has 1 aliphatic rings. The summed E-state index contributed by atoms with van der Waals surface area (Å²) >= 11 is 0. The summed E-state index contributed by atoms with van der Waals surface area (Å²) in [7, 11) is 0. The Morgan fingerprint density at radius 2 is 1.87 bits per heavy atom. The van der Waals surface area contributed by atoms with Gasteiger partial charge >= 0.3 is 0 Å². The van der Waals surface area contributed by atoms with E-state index in [0.29, 0.717) is 0 Å². The highest BCUT2D eigenvalue weighted by atomic mass is 16.5. The fourth-order valence-corrected chi connectivity index (χ4v) is 1.79. The molecule has 1 aromatic carbocycles. The van der Waals surface area contributed by atoms with Gasteiger partial charge in [0.05, 0.1) is 0 Å². The van der Waals surface area contributed by atoms with Crippen LogP contribution in [0.15, 0.2) is 30.3 Å². The minimum absolute atomic E-state index is 0.103. The lowest BCUT2D eigenvalue weighted by Gasteiger charge is -2.33. The smallest absolute Gasteiger partial charge is 0.0484 e. The van der Waals surface area contributed by atoms with Crippen molar-refractivity contribution in [1.82, 2.24) is 0 Å². The molecule has 1 aliphatic heterocycles. The number of benzene rings is 1. The Labute approximate surface area is 90.6 Å². The Bertz CT molecular complexity index is 294. The molecule has 0 atom stereocenters. The van der Waals surface area contributed by atoms with Gasteiger partial charge < -0.3 is 15.8 Å². The van der Waals surface area contributed by atoms with E-state index >= 15 is 0 Å². The molecule has 0 aromatic heterocycles. The van der Waals surface area contributed by atoms with Gasteiger partial charge in [-0.15, -0.1) is 0 Å². The molecule has 0 radical (unpaired) electrons. The molecule has 3 N–H and O–H groups in total. The Hall–Kier alpha value is -1.06. The van der Waals surface area contributed by atoms with Crippen LogP contribution in [0.5, 0.6) is 0 Å². The molecule has 0 bridgehead atoms. The summed E-state index contributed by atoms with van der Waals surface area (Å²) in [5.41, 5.74) is 7.29. The molecule has 2 rings (SSSR count). The Morgan fingerprint density at radius 3 is 2.53 bits per heavy atom. The van der Waals surface area contributed by atoms with Gasteiger partial charge in [-0.2, -0.15) is 0 Å². The summed E-state index contributed by atoms with van der Waals surface area (Å²) in [4.78, 5) is 0. The first kappa shape index (κ1) is 10.5. The lowest BCUT2D eigenvalue weighted by atomic mass is 9.91. The number of anilines is 1. The average Bonchev–Trinajstić information content (AvgIpc) is 2.29. The SMILES string of the molecule is NC1(CNc2ccccc2)CCOCC1. The molecule has 15 heavy (non-hydrogen) atoms. The van der Waals surface area contributed by atoms with E-state index < -0.39 is 0 Å². The fraction of sp³-hybridized carbons (Fsp3) is 0.500. The Morgan fingerprint density at radius 1 is 1.20 bits per heavy atom. The normalized spacial score (nSPS) is 19.8. The summed E-state index contributed by atoms with van der Waals surface area (Å²) < 4.78 is 5.31. The lowest BCUT2D eigenvalue weighted by molar-refractivity contribution is 0.0575. The maximum Gasteiger partial charge on any atom is 0.0484 e. The number of para-hydroxylation sites is 1. The van der Waals surface area contributed by atoms with Crippen LogP contribution in [-0.4, -0.2) is 25.3 Å². The molecule has 0 amide bonds. The third kappa shape index (κ3) is 2.94. The van der Waals surface area contributed by atoms with E-state index in [1.807, 2.05) is 18.2 Å². The minimum Gasteiger partial charge on any atom is -0.383 e. The number of nitrogens with two attached hydrogens (primary N) is 1. The molecule has 3 heteroatoms. The average molecular weight is 206 g/mol. The second-order valence-corrected chi connectivity index (χ2v) is 4.19. The van der Waals surface area contributed by atoms with Crippen molar-refractivity contribution in [2.45, 2.75) is 18.4 Å². The van der Waals surface area contributed by atoms with Crippen molar-refractivity contribution in [2.24, 2.45) is 5.73 Å². The molecule has 0 saturated carbocycles. The molecule has 1 saturated heterocycles. The third-order valence-corrected chi connectivity index (χ3v) is 2.91. The Kier molecular flexibility index (Phi) is 3.23. The van der Waals surface area contributed by atoms with Crippen LogP contribution < -0.4 is 11.1 Å². The van der Waals surface area contributed by atoms with Gasteiger partial charge in [-0.05, 0) is 25.0 Å². The van der Waals surface area contributed by atoms with Gasteiger partial charge in [0.2, 0.25) is 0 Å². The summed E-state index contributed by atoms with van der Waals surface area (Å²) in [6.45, 7) is 2.39. The predicted octanol–water partition coefficient (Wildman–Crippen LogP) is 1.61. The monoisotopic (exact) mass is 206 g/mol. The Balaban J connectivity index is 1.87. The molecule has 1 heterocycles. The molecule has 0 unspecified atom stereocenters.